The van der Waals surface area contributed by atoms with Gasteiger partial charge in [0, 0.05) is 12.6 Å². The number of nitrogens with one attached hydrogen (secondary N) is 1. The average Bonchev–Trinajstić information content (AvgIpc) is 2.76. The first kappa shape index (κ1) is 16.1. The van der Waals surface area contributed by atoms with Crippen LogP contribution in [0.1, 0.15) is 22.8 Å². The van der Waals surface area contributed by atoms with Gasteiger partial charge < -0.3 is 11.1 Å². The quantitative estimate of drug-likeness (QED) is 0.910. The molecule has 3 N–H and O–H groups in total. The normalized spacial score (nSPS) is 21.6. The summed E-state index contributed by atoms with van der Waals surface area (Å²) < 4.78 is 0. The Balaban J connectivity index is 1.90. The van der Waals surface area contributed by atoms with Crippen LogP contribution in [-0.2, 0) is 4.79 Å². The van der Waals surface area contributed by atoms with E-state index in [0.717, 1.165) is 23.3 Å². The molecule has 0 aromatic heterocycles. The second-order valence-electron chi connectivity index (χ2n) is 5.92. The fraction of sp³-hybridized carbons (Fsp3) is 0.316. The van der Waals surface area contributed by atoms with Gasteiger partial charge in [0.15, 0.2) is 0 Å². The molecule has 3 nitrogen and oxygen atoms in total. The molecule has 3 rings (SSSR count). The van der Waals surface area contributed by atoms with Crippen molar-refractivity contribution in [3.8, 4) is 11.1 Å². The highest BCUT2D eigenvalue weighted by molar-refractivity contribution is 8.00. The predicted octanol–water partition coefficient (Wildman–Crippen LogP) is 3.28. The molecule has 1 amide bonds. The molecule has 1 heterocycles. The third-order valence-corrected chi connectivity index (χ3v) is 5.56. The number of carbonyl (C=O) groups is 1. The van der Waals surface area contributed by atoms with E-state index in [9.17, 15) is 4.79 Å². The van der Waals surface area contributed by atoms with Crippen LogP contribution in [0.15, 0.2) is 48.5 Å². The van der Waals surface area contributed by atoms with E-state index in [1.54, 1.807) is 11.8 Å². The Bertz CT molecular complexity index is 701. The summed E-state index contributed by atoms with van der Waals surface area (Å²) in [7, 11) is 0. The minimum atomic E-state index is -0.157. The van der Waals surface area contributed by atoms with E-state index >= 15 is 0 Å². The van der Waals surface area contributed by atoms with Crippen LogP contribution in [0, 0.1) is 6.92 Å². The van der Waals surface area contributed by atoms with Crippen LogP contribution in [0.25, 0.3) is 11.1 Å². The van der Waals surface area contributed by atoms with Gasteiger partial charge in [-0.15, -0.1) is 11.8 Å². The number of benzene rings is 2. The lowest BCUT2D eigenvalue weighted by molar-refractivity contribution is -0.121. The Morgan fingerprint density at radius 1 is 1.22 bits per heavy atom. The molecule has 2 atom stereocenters. The monoisotopic (exact) mass is 326 g/mol. The van der Waals surface area contributed by atoms with Gasteiger partial charge in [-0.05, 0) is 47.4 Å². The van der Waals surface area contributed by atoms with Crippen LogP contribution in [0.4, 0.5) is 0 Å². The zero-order valence-electron chi connectivity index (χ0n) is 13.3. The molecule has 1 saturated heterocycles. The average molecular weight is 326 g/mol. The maximum Gasteiger partial charge on any atom is 0.237 e. The van der Waals surface area contributed by atoms with E-state index in [1.807, 2.05) is 24.3 Å². The molecule has 0 unspecified atom stereocenters. The van der Waals surface area contributed by atoms with E-state index in [0.29, 0.717) is 6.54 Å². The molecule has 1 fully saturated rings. The number of aryl methyl sites for hydroxylation is 1. The Morgan fingerprint density at radius 2 is 2.04 bits per heavy atom. The lowest BCUT2D eigenvalue weighted by atomic mass is 9.98. The van der Waals surface area contributed by atoms with E-state index in [1.165, 1.54) is 11.1 Å². The van der Waals surface area contributed by atoms with Crippen molar-refractivity contribution < 1.29 is 4.79 Å². The Labute approximate surface area is 141 Å². The summed E-state index contributed by atoms with van der Waals surface area (Å²) in [6.07, 6.45) is 0.931. The molecule has 23 heavy (non-hydrogen) atoms. The van der Waals surface area contributed by atoms with Crippen molar-refractivity contribution >= 4 is 17.7 Å². The largest absolute Gasteiger partial charge is 0.351 e. The van der Waals surface area contributed by atoms with Crippen molar-refractivity contribution in [2.45, 2.75) is 24.6 Å². The first-order valence-corrected chi connectivity index (χ1v) is 9.02. The number of nitrogens with two attached hydrogens (primary N) is 1. The Hall–Kier alpha value is -1.78. The number of amides is 1. The van der Waals surface area contributed by atoms with Gasteiger partial charge in [0.25, 0.3) is 0 Å². The van der Waals surface area contributed by atoms with E-state index in [4.69, 9.17) is 5.73 Å². The van der Waals surface area contributed by atoms with Crippen LogP contribution in [0.5, 0.6) is 0 Å². The maximum atomic E-state index is 12.5. The predicted molar refractivity (Wildman–Crippen MR) is 97.4 cm³/mol. The fourth-order valence-electron chi connectivity index (χ4n) is 2.94. The van der Waals surface area contributed by atoms with Crippen molar-refractivity contribution in [3.05, 3.63) is 59.7 Å². The van der Waals surface area contributed by atoms with E-state index in [2.05, 4.69) is 36.5 Å². The summed E-state index contributed by atoms with van der Waals surface area (Å²) >= 11 is 1.70. The van der Waals surface area contributed by atoms with Gasteiger partial charge in [-0.2, -0.15) is 0 Å². The standard InChI is InChI=1S/C19H22N2OS/c1-13-5-2-3-8-17(13)14-6-4-7-15(11-14)18-19(22)21-16(12-20)9-10-23-18/h2-8,11,16,18H,9-10,12,20H2,1H3,(H,21,22)/t16-,18+/m0/s1. The smallest absolute Gasteiger partial charge is 0.237 e. The summed E-state index contributed by atoms with van der Waals surface area (Å²) in [6, 6.07) is 16.8. The summed E-state index contributed by atoms with van der Waals surface area (Å²) in [5, 5.41) is 2.91. The van der Waals surface area contributed by atoms with E-state index in [-0.39, 0.29) is 17.2 Å². The van der Waals surface area contributed by atoms with Crippen molar-refractivity contribution in [2.75, 3.05) is 12.3 Å². The molecule has 1 aliphatic rings. The third-order valence-electron chi connectivity index (χ3n) is 4.27. The topological polar surface area (TPSA) is 55.1 Å². The number of thioether (sulfide) groups is 1. The summed E-state index contributed by atoms with van der Waals surface area (Å²) in [5.74, 6) is 1.02. The minimum absolute atomic E-state index is 0.0740. The number of hydrogen-bond donors (Lipinski definition) is 2. The highest BCUT2D eigenvalue weighted by Gasteiger charge is 2.27. The molecular formula is C19H22N2OS. The maximum absolute atomic E-state index is 12.5. The molecule has 4 heteroatoms. The lowest BCUT2D eigenvalue weighted by Crippen LogP contribution is -2.40. The van der Waals surface area contributed by atoms with Gasteiger partial charge in [-0.25, -0.2) is 0 Å². The van der Waals surface area contributed by atoms with Crippen molar-refractivity contribution in [2.24, 2.45) is 5.73 Å². The molecule has 120 valence electrons. The second kappa shape index (κ2) is 7.20. The Kier molecular flexibility index (Phi) is 5.03. The lowest BCUT2D eigenvalue weighted by Gasteiger charge is -2.16. The summed E-state index contributed by atoms with van der Waals surface area (Å²) in [4.78, 5) is 12.5. The fourth-order valence-corrected chi connectivity index (χ4v) is 4.16. The molecule has 0 bridgehead atoms. The van der Waals surface area contributed by atoms with Gasteiger partial charge in [0.05, 0.1) is 0 Å². The SMILES string of the molecule is Cc1ccccc1-c1cccc([C@H]2SCC[C@@H](CN)NC2=O)c1. The van der Waals surface area contributed by atoms with Crippen LogP contribution in [0.3, 0.4) is 0 Å². The first-order chi connectivity index (χ1) is 11.2. The number of carbonyl (C=O) groups excluding carboxylic acids is 1. The molecule has 2 aromatic rings. The summed E-state index contributed by atoms with van der Waals surface area (Å²) in [6.45, 7) is 2.61. The van der Waals surface area contributed by atoms with Gasteiger partial charge >= 0.3 is 0 Å². The molecule has 0 radical (unpaired) electrons. The van der Waals surface area contributed by atoms with Crippen molar-refractivity contribution in [1.82, 2.24) is 5.32 Å². The van der Waals surface area contributed by atoms with Crippen molar-refractivity contribution in [3.63, 3.8) is 0 Å². The Morgan fingerprint density at radius 3 is 2.83 bits per heavy atom. The highest BCUT2D eigenvalue weighted by atomic mass is 32.2. The van der Waals surface area contributed by atoms with E-state index < -0.39 is 0 Å². The highest BCUT2D eigenvalue weighted by Crippen LogP contribution is 2.34. The van der Waals surface area contributed by atoms with Crippen LogP contribution >= 0.6 is 11.8 Å². The van der Waals surface area contributed by atoms with Crippen LogP contribution in [-0.4, -0.2) is 24.2 Å². The second-order valence-corrected chi connectivity index (χ2v) is 7.13. The van der Waals surface area contributed by atoms with Gasteiger partial charge in [0.1, 0.15) is 5.25 Å². The first-order valence-electron chi connectivity index (χ1n) is 7.97. The minimum Gasteiger partial charge on any atom is -0.351 e. The van der Waals surface area contributed by atoms with Crippen LogP contribution in [0.2, 0.25) is 0 Å². The number of rotatable bonds is 3. The molecule has 1 aliphatic heterocycles. The number of hydrogen-bond acceptors (Lipinski definition) is 3. The zero-order chi connectivity index (χ0) is 16.2. The van der Waals surface area contributed by atoms with Crippen LogP contribution < -0.4 is 11.1 Å². The molecule has 0 aliphatic carbocycles. The third kappa shape index (κ3) is 3.59. The molecule has 2 aromatic carbocycles. The van der Waals surface area contributed by atoms with Gasteiger partial charge in [-0.1, -0.05) is 42.5 Å². The molecular weight excluding hydrogens is 304 g/mol. The molecule has 0 spiro atoms. The van der Waals surface area contributed by atoms with Gasteiger partial charge in [-0.3, -0.25) is 4.79 Å². The van der Waals surface area contributed by atoms with Gasteiger partial charge in [0.2, 0.25) is 5.91 Å². The zero-order valence-corrected chi connectivity index (χ0v) is 14.1. The summed E-state index contributed by atoms with van der Waals surface area (Å²) in [5.41, 5.74) is 10.4. The molecule has 0 saturated carbocycles. The van der Waals surface area contributed by atoms with Crippen molar-refractivity contribution in [1.29, 1.82) is 0 Å².